The van der Waals surface area contributed by atoms with Crippen LogP contribution in [-0.4, -0.2) is 17.7 Å². The van der Waals surface area contributed by atoms with Crippen LogP contribution in [0.15, 0.2) is 27.4 Å². The van der Waals surface area contributed by atoms with Gasteiger partial charge in [0.2, 0.25) is 0 Å². The number of benzene rings is 1. The molecule has 0 fully saturated rings. The van der Waals surface area contributed by atoms with Gasteiger partial charge in [0.15, 0.2) is 11.5 Å². The number of hydrogen-bond acceptors (Lipinski definition) is 6. The van der Waals surface area contributed by atoms with E-state index in [0.717, 1.165) is 0 Å². The average molecular weight is 272 g/mol. The first-order valence-electron chi connectivity index (χ1n) is 5.07. The zero-order valence-electron chi connectivity index (χ0n) is 10.4. The molecule has 2 rings (SSSR count). The standard InChI is InChI=1S/C12H10O6.Na/c1-6-2-12(16)18-9-4-10(17-5-11(14)15)8(13)3-7(6)9;/h2-4,13H,5H2,1H3,(H,14,15);/q;+1/p-1. The van der Waals surface area contributed by atoms with Crippen LogP contribution in [0.4, 0.5) is 0 Å². The second kappa shape index (κ2) is 6.10. The third kappa shape index (κ3) is 3.50. The van der Waals surface area contributed by atoms with E-state index in [1.165, 1.54) is 18.2 Å². The smallest absolute Gasteiger partial charge is 0.546 e. The van der Waals surface area contributed by atoms with Crippen LogP contribution in [0, 0.1) is 6.92 Å². The van der Waals surface area contributed by atoms with E-state index >= 15 is 0 Å². The molecular formula is C12H9NaO6. The van der Waals surface area contributed by atoms with Crippen molar-refractivity contribution in [2.75, 3.05) is 6.61 Å². The summed E-state index contributed by atoms with van der Waals surface area (Å²) in [6, 6.07) is 3.91. The molecule has 1 heterocycles. The molecule has 6 nitrogen and oxygen atoms in total. The molecule has 1 N–H and O–H groups in total. The SMILES string of the molecule is Cc1cc(=O)oc2cc(OCC(=O)[O-])c(O)cc12.[Na+]. The number of carboxylic acid groups (broad SMARTS) is 1. The molecule has 0 amide bonds. The fourth-order valence-corrected chi connectivity index (χ4v) is 1.59. The monoisotopic (exact) mass is 272 g/mol. The number of aromatic hydroxyl groups is 1. The minimum atomic E-state index is -1.42. The molecule has 19 heavy (non-hydrogen) atoms. The third-order valence-electron chi connectivity index (χ3n) is 2.38. The normalized spacial score (nSPS) is 9.95. The fourth-order valence-electron chi connectivity index (χ4n) is 1.59. The predicted octanol–water partition coefficient (Wildman–Crippen LogP) is -3.06. The summed E-state index contributed by atoms with van der Waals surface area (Å²) in [5, 5.41) is 20.5. The van der Waals surface area contributed by atoms with E-state index < -0.39 is 18.2 Å². The number of carbonyl (C=O) groups excluding carboxylic acids is 1. The number of aryl methyl sites for hydroxylation is 1. The van der Waals surface area contributed by atoms with Crippen LogP contribution < -0.4 is 45.0 Å². The molecule has 2 aromatic rings. The zero-order valence-corrected chi connectivity index (χ0v) is 12.4. The van der Waals surface area contributed by atoms with Crippen LogP contribution in [-0.2, 0) is 4.79 Å². The molecule has 7 heteroatoms. The van der Waals surface area contributed by atoms with Gasteiger partial charge in [-0.2, -0.15) is 0 Å². The number of ether oxygens (including phenoxy) is 1. The molecule has 0 saturated heterocycles. The van der Waals surface area contributed by atoms with Gasteiger partial charge in [-0.3, -0.25) is 0 Å². The number of phenols is 1. The van der Waals surface area contributed by atoms with Gasteiger partial charge in [-0.05, 0) is 18.6 Å². The molecule has 1 aromatic carbocycles. The van der Waals surface area contributed by atoms with E-state index in [0.29, 0.717) is 10.9 Å². The van der Waals surface area contributed by atoms with Gasteiger partial charge in [-0.15, -0.1) is 0 Å². The van der Waals surface area contributed by atoms with Crippen LogP contribution in [0.5, 0.6) is 11.5 Å². The summed E-state index contributed by atoms with van der Waals surface area (Å²) in [6.45, 7) is 0.996. The number of phenolic OH excluding ortho intramolecular Hbond substituents is 1. The summed E-state index contributed by atoms with van der Waals surface area (Å²) in [4.78, 5) is 21.5. The molecule has 0 saturated carbocycles. The van der Waals surface area contributed by atoms with Gasteiger partial charge in [0.05, 0.1) is 5.97 Å². The molecule has 0 aliphatic rings. The van der Waals surface area contributed by atoms with Gasteiger partial charge in [-0.1, -0.05) is 0 Å². The second-order valence-corrected chi connectivity index (χ2v) is 3.73. The van der Waals surface area contributed by atoms with Gasteiger partial charge in [0, 0.05) is 17.5 Å². The summed E-state index contributed by atoms with van der Waals surface area (Å²) in [7, 11) is 0. The predicted molar refractivity (Wildman–Crippen MR) is 59.4 cm³/mol. The van der Waals surface area contributed by atoms with Crippen molar-refractivity contribution in [3.63, 3.8) is 0 Å². The van der Waals surface area contributed by atoms with E-state index in [9.17, 15) is 19.8 Å². The Hall–Kier alpha value is -1.50. The van der Waals surface area contributed by atoms with Crippen LogP contribution in [0.3, 0.4) is 0 Å². The Morgan fingerprint density at radius 3 is 2.74 bits per heavy atom. The van der Waals surface area contributed by atoms with Crippen molar-refractivity contribution in [3.05, 3.63) is 34.2 Å². The van der Waals surface area contributed by atoms with E-state index in [-0.39, 0.29) is 46.6 Å². The molecule has 0 atom stereocenters. The summed E-state index contributed by atoms with van der Waals surface area (Å²) in [6.07, 6.45) is 0. The van der Waals surface area contributed by atoms with Crippen molar-refractivity contribution in [1.29, 1.82) is 0 Å². The van der Waals surface area contributed by atoms with Crippen LogP contribution >= 0.6 is 0 Å². The van der Waals surface area contributed by atoms with Crippen molar-refractivity contribution in [2.45, 2.75) is 6.92 Å². The van der Waals surface area contributed by atoms with Crippen LogP contribution in [0.25, 0.3) is 11.0 Å². The number of carboxylic acids is 1. The molecule has 0 aliphatic carbocycles. The van der Waals surface area contributed by atoms with Gasteiger partial charge in [0.25, 0.3) is 0 Å². The van der Waals surface area contributed by atoms with Gasteiger partial charge in [-0.25, -0.2) is 4.79 Å². The zero-order chi connectivity index (χ0) is 13.3. The van der Waals surface area contributed by atoms with Gasteiger partial charge >= 0.3 is 35.2 Å². The van der Waals surface area contributed by atoms with Gasteiger partial charge in [0.1, 0.15) is 12.2 Å². The molecular weight excluding hydrogens is 263 g/mol. The molecule has 0 bridgehead atoms. The maximum absolute atomic E-state index is 11.2. The maximum atomic E-state index is 11.2. The first kappa shape index (κ1) is 15.6. The first-order valence-corrected chi connectivity index (χ1v) is 5.07. The Kier molecular flexibility index (Phi) is 4.99. The first-order chi connectivity index (χ1) is 8.47. The summed E-state index contributed by atoms with van der Waals surface area (Å²) in [5.74, 6) is -1.73. The Bertz CT molecular complexity index is 676. The largest absolute Gasteiger partial charge is 1.00 e. The number of hydrogen-bond donors (Lipinski definition) is 1. The molecule has 0 spiro atoms. The van der Waals surface area contributed by atoms with Crippen molar-refractivity contribution in [2.24, 2.45) is 0 Å². The van der Waals surface area contributed by atoms with Crippen LogP contribution in [0.2, 0.25) is 0 Å². The molecule has 1 aromatic heterocycles. The molecule has 0 radical (unpaired) electrons. The van der Waals surface area contributed by atoms with Gasteiger partial charge < -0.3 is 24.2 Å². The van der Waals surface area contributed by atoms with Crippen molar-refractivity contribution in [3.8, 4) is 11.5 Å². The van der Waals surface area contributed by atoms with E-state index in [2.05, 4.69) is 0 Å². The van der Waals surface area contributed by atoms with Crippen molar-refractivity contribution < 1.29 is 53.7 Å². The van der Waals surface area contributed by atoms with Crippen molar-refractivity contribution >= 4 is 16.9 Å². The Labute approximate surface area is 129 Å². The van der Waals surface area contributed by atoms with E-state index in [1.54, 1.807) is 6.92 Å². The molecule has 94 valence electrons. The molecule has 0 aliphatic heterocycles. The van der Waals surface area contributed by atoms with Crippen molar-refractivity contribution in [1.82, 2.24) is 0 Å². The Balaban J connectivity index is 0.00000180. The minimum Gasteiger partial charge on any atom is -0.546 e. The summed E-state index contributed by atoms with van der Waals surface area (Å²) < 4.78 is 9.75. The second-order valence-electron chi connectivity index (χ2n) is 3.73. The number of rotatable bonds is 3. The maximum Gasteiger partial charge on any atom is 1.00 e. The molecule has 0 unspecified atom stereocenters. The van der Waals surface area contributed by atoms with E-state index in [1.807, 2.05) is 0 Å². The Morgan fingerprint density at radius 1 is 1.42 bits per heavy atom. The fraction of sp³-hybridized carbons (Fsp3) is 0.167. The van der Waals surface area contributed by atoms with E-state index in [4.69, 9.17) is 9.15 Å². The third-order valence-corrected chi connectivity index (χ3v) is 2.38. The number of fused-ring (bicyclic) bond motifs is 1. The van der Waals surface area contributed by atoms with Crippen LogP contribution in [0.1, 0.15) is 5.56 Å². The number of aliphatic carboxylic acids is 1. The summed E-state index contributed by atoms with van der Waals surface area (Å²) >= 11 is 0. The minimum absolute atomic E-state index is 0. The Morgan fingerprint density at radius 2 is 2.11 bits per heavy atom. The topological polar surface area (TPSA) is 99.8 Å². The average Bonchev–Trinajstić information content (AvgIpc) is 2.27. The summed E-state index contributed by atoms with van der Waals surface area (Å²) in [5.41, 5.74) is 0.325. The number of carbonyl (C=O) groups is 1. The quantitative estimate of drug-likeness (QED) is 0.470.